The fourth-order valence-corrected chi connectivity index (χ4v) is 2.66. The van der Waals surface area contributed by atoms with E-state index in [9.17, 15) is 0 Å². The highest BCUT2D eigenvalue weighted by Gasteiger charge is 2.15. The average molecular weight is 250 g/mol. The van der Waals surface area contributed by atoms with Crippen LogP contribution >= 0.6 is 0 Å². The van der Waals surface area contributed by atoms with Gasteiger partial charge in [0.25, 0.3) is 0 Å². The molecule has 0 fully saturated rings. The molecule has 2 N–H and O–H groups in total. The lowest BCUT2D eigenvalue weighted by Crippen LogP contribution is -2.23. The van der Waals surface area contributed by atoms with Crippen molar-refractivity contribution in [2.24, 2.45) is 0 Å². The molecule has 0 saturated carbocycles. The van der Waals surface area contributed by atoms with Gasteiger partial charge in [-0.3, -0.25) is 4.98 Å². The Bertz CT molecular complexity index is 716. The van der Waals surface area contributed by atoms with E-state index < -0.39 is 0 Å². The molecule has 2 aromatic heterocycles. The molecule has 0 radical (unpaired) electrons. The SMILES string of the molecule is c1cc(-c2nc3c([nH]2)CNCC3)c2cccnc2c1. The number of benzene rings is 1. The minimum atomic E-state index is 0.880. The van der Waals surface area contributed by atoms with Gasteiger partial charge in [0, 0.05) is 36.7 Å². The second kappa shape index (κ2) is 4.17. The molecule has 4 heteroatoms. The molecule has 0 bridgehead atoms. The van der Waals surface area contributed by atoms with Gasteiger partial charge in [0.1, 0.15) is 5.82 Å². The van der Waals surface area contributed by atoms with E-state index >= 15 is 0 Å². The van der Waals surface area contributed by atoms with E-state index in [1.54, 1.807) is 0 Å². The molecule has 0 atom stereocenters. The summed E-state index contributed by atoms with van der Waals surface area (Å²) in [6.07, 6.45) is 2.82. The Morgan fingerprint density at radius 1 is 1.11 bits per heavy atom. The standard InChI is InChI=1S/C15H14N4/c1-3-11(10-4-2-7-17-12(10)5-1)15-18-13-6-8-16-9-14(13)19-15/h1-5,7,16H,6,8-9H2,(H,18,19). The molecule has 3 aromatic rings. The Labute approximate surface area is 110 Å². The van der Waals surface area contributed by atoms with Crippen LogP contribution in [0, 0.1) is 0 Å². The van der Waals surface area contributed by atoms with E-state index in [1.165, 1.54) is 11.4 Å². The maximum atomic E-state index is 4.75. The van der Waals surface area contributed by atoms with Gasteiger partial charge in [0.2, 0.25) is 0 Å². The zero-order chi connectivity index (χ0) is 12.7. The number of hydrogen-bond acceptors (Lipinski definition) is 3. The molecule has 3 heterocycles. The zero-order valence-corrected chi connectivity index (χ0v) is 10.5. The van der Waals surface area contributed by atoms with Gasteiger partial charge in [-0.2, -0.15) is 0 Å². The quantitative estimate of drug-likeness (QED) is 0.696. The maximum absolute atomic E-state index is 4.75. The van der Waals surface area contributed by atoms with Gasteiger partial charge in [-0.25, -0.2) is 4.98 Å². The van der Waals surface area contributed by atoms with Crippen LogP contribution in [0.5, 0.6) is 0 Å². The van der Waals surface area contributed by atoms with Crippen molar-refractivity contribution in [3.8, 4) is 11.4 Å². The molecular formula is C15H14N4. The van der Waals surface area contributed by atoms with Gasteiger partial charge in [-0.05, 0) is 12.1 Å². The minimum absolute atomic E-state index is 0.880. The van der Waals surface area contributed by atoms with E-state index in [4.69, 9.17) is 4.98 Å². The monoisotopic (exact) mass is 250 g/mol. The summed E-state index contributed by atoms with van der Waals surface area (Å²) in [5, 5.41) is 4.50. The summed E-state index contributed by atoms with van der Waals surface area (Å²) in [6, 6.07) is 10.2. The highest BCUT2D eigenvalue weighted by atomic mass is 15.0. The van der Waals surface area contributed by atoms with Crippen molar-refractivity contribution in [1.29, 1.82) is 0 Å². The Kier molecular flexibility index (Phi) is 2.35. The third-order valence-corrected chi connectivity index (χ3v) is 3.61. The predicted molar refractivity (Wildman–Crippen MR) is 74.7 cm³/mol. The number of rotatable bonds is 1. The number of pyridine rings is 1. The maximum Gasteiger partial charge on any atom is 0.138 e. The van der Waals surface area contributed by atoms with Gasteiger partial charge >= 0.3 is 0 Å². The number of nitrogens with zero attached hydrogens (tertiary/aromatic N) is 2. The van der Waals surface area contributed by atoms with Crippen LogP contribution in [-0.4, -0.2) is 21.5 Å². The van der Waals surface area contributed by atoms with Gasteiger partial charge in [-0.15, -0.1) is 0 Å². The fraction of sp³-hybridized carbons (Fsp3) is 0.200. The van der Waals surface area contributed by atoms with E-state index in [1.807, 2.05) is 24.4 Å². The van der Waals surface area contributed by atoms with Crippen LogP contribution in [0.15, 0.2) is 36.5 Å². The average Bonchev–Trinajstić information content (AvgIpc) is 2.90. The number of fused-ring (bicyclic) bond motifs is 2. The summed E-state index contributed by atoms with van der Waals surface area (Å²) in [5.41, 5.74) is 4.53. The van der Waals surface area contributed by atoms with Crippen molar-refractivity contribution in [2.75, 3.05) is 6.54 Å². The summed E-state index contributed by atoms with van der Waals surface area (Å²) in [4.78, 5) is 12.6. The topological polar surface area (TPSA) is 53.6 Å². The first-order chi connectivity index (χ1) is 9.42. The zero-order valence-electron chi connectivity index (χ0n) is 10.5. The van der Waals surface area contributed by atoms with Crippen molar-refractivity contribution < 1.29 is 0 Å². The van der Waals surface area contributed by atoms with Crippen LogP contribution in [0.2, 0.25) is 0 Å². The van der Waals surface area contributed by atoms with Gasteiger partial charge < -0.3 is 10.3 Å². The molecule has 0 spiro atoms. The third-order valence-electron chi connectivity index (χ3n) is 3.61. The number of aromatic amines is 1. The molecule has 0 amide bonds. The van der Waals surface area contributed by atoms with E-state index in [0.717, 1.165) is 41.8 Å². The Morgan fingerprint density at radius 2 is 2.11 bits per heavy atom. The molecule has 4 nitrogen and oxygen atoms in total. The highest BCUT2D eigenvalue weighted by Crippen LogP contribution is 2.26. The summed E-state index contributed by atoms with van der Waals surface area (Å²) in [6.45, 7) is 1.89. The fourth-order valence-electron chi connectivity index (χ4n) is 2.66. The summed E-state index contributed by atoms with van der Waals surface area (Å²) < 4.78 is 0. The van der Waals surface area contributed by atoms with Crippen molar-refractivity contribution in [3.63, 3.8) is 0 Å². The highest BCUT2D eigenvalue weighted by molar-refractivity contribution is 5.92. The molecule has 0 aliphatic carbocycles. The van der Waals surface area contributed by atoms with Gasteiger partial charge in [-0.1, -0.05) is 18.2 Å². The van der Waals surface area contributed by atoms with Crippen molar-refractivity contribution in [2.45, 2.75) is 13.0 Å². The summed E-state index contributed by atoms with van der Waals surface area (Å²) >= 11 is 0. The molecule has 1 aromatic carbocycles. The van der Waals surface area contributed by atoms with Crippen molar-refractivity contribution in [3.05, 3.63) is 47.9 Å². The number of aromatic nitrogens is 3. The van der Waals surface area contributed by atoms with Crippen LogP contribution in [0.4, 0.5) is 0 Å². The van der Waals surface area contributed by atoms with Crippen LogP contribution in [0.1, 0.15) is 11.4 Å². The molecule has 4 rings (SSSR count). The number of hydrogen-bond donors (Lipinski definition) is 2. The summed E-state index contributed by atoms with van der Waals surface area (Å²) in [7, 11) is 0. The molecule has 19 heavy (non-hydrogen) atoms. The number of nitrogens with one attached hydrogen (secondary N) is 2. The van der Waals surface area contributed by atoms with Crippen molar-refractivity contribution in [1.82, 2.24) is 20.3 Å². The first-order valence-electron chi connectivity index (χ1n) is 6.54. The lowest BCUT2D eigenvalue weighted by Gasteiger charge is -2.09. The third kappa shape index (κ3) is 1.72. The first kappa shape index (κ1) is 10.7. The lowest BCUT2D eigenvalue weighted by atomic mass is 10.1. The number of imidazole rings is 1. The van der Waals surface area contributed by atoms with Crippen LogP contribution in [-0.2, 0) is 13.0 Å². The second-order valence-electron chi connectivity index (χ2n) is 4.81. The Hall–Kier alpha value is -2.20. The second-order valence-corrected chi connectivity index (χ2v) is 4.81. The van der Waals surface area contributed by atoms with E-state index in [-0.39, 0.29) is 0 Å². The van der Waals surface area contributed by atoms with Crippen molar-refractivity contribution >= 4 is 10.9 Å². The Balaban J connectivity index is 1.92. The first-order valence-corrected chi connectivity index (χ1v) is 6.54. The number of H-pyrrole nitrogens is 1. The lowest BCUT2D eigenvalue weighted by molar-refractivity contribution is 0.627. The summed E-state index contributed by atoms with van der Waals surface area (Å²) in [5.74, 6) is 0.951. The van der Waals surface area contributed by atoms with Gasteiger partial charge in [0.05, 0.1) is 16.9 Å². The Morgan fingerprint density at radius 3 is 3.05 bits per heavy atom. The van der Waals surface area contributed by atoms with Crippen LogP contribution < -0.4 is 5.32 Å². The predicted octanol–water partition coefficient (Wildman–Crippen LogP) is 2.27. The normalized spacial score (nSPS) is 14.5. The van der Waals surface area contributed by atoms with Crippen LogP contribution in [0.25, 0.3) is 22.3 Å². The van der Waals surface area contributed by atoms with E-state index in [2.05, 4.69) is 27.4 Å². The molecule has 1 aliphatic heterocycles. The van der Waals surface area contributed by atoms with Crippen LogP contribution in [0.3, 0.4) is 0 Å². The van der Waals surface area contributed by atoms with Gasteiger partial charge in [0.15, 0.2) is 0 Å². The smallest absolute Gasteiger partial charge is 0.138 e. The largest absolute Gasteiger partial charge is 0.341 e. The molecular weight excluding hydrogens is 236 g/mol. The molecule has 0 saturated heterocycles. The molecule has 1 aliphatic rings. The van der Waals surface area contributed by atoms with E-state index in [0.29, 0.717) is 0 Å². The molecule has 0 unspecified atom stereocenters. The minimum Gasteiger partial charge on any atom is -0.341 e. The molecule has 94 valence electrons.